The maximum absolute atomic E-state index is 10.2. The standard InChI is InChI=1S/C16H14Cl2O2/c1-20-10-3-4-11-12(8-16(19)13(11)7-10)9-2-5-14(17)15(18)6-9/h2-7,12,16,19H,8H2,1H3/t12-,16-/m1/s1. The van der Waals surface area contributed by atoms with Crippen molar-refractivity contribution in [2.75, 3.05) is 7.11 Å². The summed E-state index contributed by atoms with van der Waals surface area (Å²) < 4.78 is 5.21. The molecule has 0 unspecified atom stereocenters. The number of aliphatic hydroxyl groups is 1. The van der Waals surface area contributed by atoms with E-state index >= 15 is 0 Å². The Balaban J connectivity index is 2.04. The monoisotopic (exact) mass is 308 g/mol. The van der Waals surface area contributed by atoms with Gasteiger partial charge in [-0.15, -0.1) is 0 Å². The van der Waals surface area contributed by atoms with Gasteiger partial charge in [0.25, 0.3) is 0 Å². The fourth-order valence-electron chi connectivity index (χ4n) is 2.81. The van der Waals surface area contributed by atoms with Crippen LogP contribution in [0.1, 0.15) is 35.1 Å². The Bertz CT molecular complexity index is 655. The van der Waals surface area contributed by atoms with Gasteiger partial charge in [-0.25, -0.2) is 0 Å². The molecule has 2 aromatic carbocycles. The van der Waals surface area contributed by atoms with Crippen LogP contribution in [0.5, 0.6) is 5.75 Å². The summed E-state index contributed by atoms with van der Waals surface area (Å²) in [5.74, 6) is 0.901. The molecule has 0 amide bonds. The Morgan fingerprint density at radius 3 is 2.55 bits per heavy atom. The van der Waals surface area contributed by atoms with E-state index in [9.17, 15) is 5.11 Å². The quantitative estimate of drug-likeness (QED) is 0.880. The average molecular weight is 309 g/mol. The van der Waals surface area contributed by atoms with Crippen molar-refractivity contribution < 1.29 is 9.84 Å². The van der Waals surface area contributed by atoms with Crippen LogP contribution in [0.3, 0.4) is 0 Å². The Labute approximate surface area is 127 Å². The first kappa shape index (κ1) is 13.7. The molecule has 0 aromatic heterocycles. The highest BCUT2D eigenvalue weighted by molar-refractivity contribution is 6.42. The first-order valence-corrected chi connectivity index (χ1v) is 7.16. The number of methoxy groups -OCH3 is 1. The van der Waals surface area contributed by atoms with Crippen molar-refractivity contribution in [3.05, 3.63) is 63.1 Å². The zero-order chi connectivity index (χ0) is 14.3. The van der Waals surface area contributed by atoms with Crippen LogP contribution in [0, 0.1) is 0 Å². The van der Waals surface area contributed by atoms with E-state index < -0.39 is 6.10 Å². The number of rotatable bonds is 2. The predicted octanol–water partition coefficient (Wildman–Crippen LogP) is 4.57. The minimum absolute atomic E-state index is 0.140. The van der Waals surface area contributed by atoms with E-state index in [4.69, 9.17) is 27.9 Å². The van der Waals surface area contributed by atoms with E-state index in [2.05, 4.69) is 0 Å². The molecule has 0 radical (unpaired) electrons. The minimum atomic E-state index is -0.473. The van der Waals surface area contributed by atoms with Crippen LogP contribution in [-0.2, 0) is 0 Å². The van der Waals surface area contributed by atoms with Gasteiger partial charge in [-0.3, -0.25) is 0 Å². The number of hydrogen-bond donors (Lipinski definition) is 1. The van der Waals surface area contributed by atoms with Gasteiger partial charge < -0.3 is 9.84 Å². The molecule has 0 heterocycles. The SMILES string of the molecule is COc1ccc2c(c1)[C@H](O)C[C@@H]2c1ccc(Cl)c(Cl)c1. The number of aliphatic hydroxyl groups excluding tert-OH is 1. The molecule has 1 N–H and O–H groups in total. The topological polar surface area (TPSA) is 29.5 Å². The summed E-state index contributed by atoms with van der Waals surface area (Å²) in [6.45, 7) is 0. The van der Waals surface area contributed by atoms with Crippen LogP contribution >= 0.6 is 23.2 Å². The smallest absolute Gasteiger partial charge is 0.119 e. The Kier molecular flexibility index (Phi) is 3.63. The van der Waals surface area contributed by atoms with Gasteiger partial charge in [0.1, 0.15) is 5.75 Å². The minimum Gasteiger partial charge on any atom is -0.497 e. The molecule has 0 spiro atoms. The first-order valence-electron chi connectivity index (χ1n) is 6.41. The molecule has 0 aliphatic heterocycles. The fraction of sp³-hybridized carbons (Fsp3) is 0.250. The van der Waals surface area contributed by atoms with Crippen molar-refractivity contribution in [3.8, 4) is 5.75 Å². The highest BCUT2D eigenvalue weighted by atomic mass is 35.5. The largest absolute Gasteiger partial charge is 0.497 e. The van der Waals surface area contributed by atoms with Crippen LogP contribution < -0.4 is 4.74 Å². The lowest BCUT2D eigenvalue weighted by Crippen LogP contribution is -1.96. The fourth-order valence-corrected chi connectivity index (χ4v) is 3.11. The van der Waals surface area contributed by atoms with Crippen molar-refractivity contribution in [3.63, 3.8) is 0 Å². The molecule has 3 rings (SSSR count). The molecule has 2 nitrogen and oxygen atoms in total. The summed E-state index contributed by atoms with van der Waals surface area (Å²) in [5.41, 5.74) is 3.12. The maximum atomic E-state index is 10.2. The lowest BCUT2D eigenvalue weighted by atomic mass is 9.93. The second-order valence-corrected chi connectivity index (χ2v) is 5.79. The van der Waals surface area contributed by atoms with Gasteiger partial charge in [0, 0.05) is 5.92 Å². The van der Waals surface area contributed by atoms with Gasteiger partial charge in [-0.2, -0.15) is 0 Å². The van der Waals surface area contributed by atoms with E-state index in [1.54, 1.807) is 13.2 Å². The third-order valence-electron chi connectivity index (χ3n) is 3.83. The van der Waals surface area contributed by atoms with Gasteiger partial charge >= 0.3 is 0 Å². The van der Waals surface area contributed by atoms with E-state index in [0.29, 0.717) is 16.5 Å². The second kappa shape index (κ2) is 5.28. The first-order chi connectivity index (χ1) is 9.60. The van der Waals surface area contributed by atoms with Crippen molar-refractivity contribution in [2.45, 2.75) is 18.4 Å². The van der Waals surface area contributed by atoms with Gasteiger partial charge in [-0.05, 0) is 47.4 Å². The van der Waals surface area contributed by atoms with Gasteiger partial charge in [-0.1, -0.05) is 35.3 Å². The van der Waals surface area contributed by atoms with Crippen LogP contribution in [-0.4, -0.2) is 12.2 Å². The highest BCUT2D eigenvalue weighted by Gasteiger charge is 2.31. The van der Waals surface area contributed by atoms with Crippen molar-refractivity contribution in [1.82, 2.24) is 0 Å². The Morgan fingerprint density at radius 1 is 1.05 bits per heavy atom. The third-order valence-corrected chi connectivity index (χ3v) is 4.57. The zero-order valence-electron chi connectivity index (χ0n) is 10.9. The number of ether oxygens (including phenoxy) is 1. The number of benzene rings is 2. The average Bonchev–Trinajstić information content (AvgIpc) is 2.79. The molecule has 1 aliphatic carbocycles. The summed E-state index contributed by atoms with van der Waals surface area (Å²) in [6.07, 6.45) is 0.181. The van der Waals surface area contributed by atoms with Crippen LogP contribution in [0.15, 0.2) is 36.4 Å². The van der Waals surface area contributed by atoms with Gasteiger partial charge in [0.15, 0.2) is 0 Å². The molecule has 0 bridgehead atoms. The summed E-state index contributed by atoms with van der Waals surface area (Å²) in [5, 5.41) is 11.3. The lowest BCUT2D eigenvalue weighted by molar-refractivity contribution is 0.176. The summed E-state index contributed by atoms with van der Waals surface area (Å²) >= 11 is 12.0. The Morgan fingerprint density at radius 2 is 1.85 bits per heavy atom. The third kappa shape index (κ3) is 2.28. The molecule has 2 atom stereocenters. The number of hydrogen-bond acceptors (Lipinski definition) is 2. The van der Waals surface area contributed by atoms with Crippen molar-refractivity contribution in [2.24, 2.45) is 0 Å². The van der Waals surface area contributed by atoms with E-state index in [1.807, 2.05) is 30.3 Å². The van der Waals surface area contributed by atoms with Crippen LogP contribution in [0.2, 0.25) is 10.0 Å². The van der Waals surface area contributed by atoms with Crippen LogP contribution in [0.25, 0.3) is 0 Å². The van der Waals surface area contributed by atoms with Crippen molar-refractivity contribution >= 4 is 23.2 Å². The van der Waals surface area contributed by atoms with Crippen molar-refractivity contribution in [1.29, 1.82) is 0 Å². The van der Waals surface area contributed by atoms with Gasteiger partial charge in [0.2, 0.25) is 0 Å². The van der Waals surface area contributed by atoms with Crippen LogP contribution in [0.4, 0.5) is 0 Å². The number of halogens is 2. The van der Waals surface area contributed by atoms with E-state index in [-0.39, 0.29) is 5.92 Å². The molecule has 1 aliphatic rings. The maximum Gasteiger partial charge on any atom is 0.119 e. The molecular formula is C16H14Cl2O2. The Hall–Kier alpha value is -1.22. The highest BCUT2D eigenvalue weighted by Crippen LogP contribution is 2.45. The molecule has 0 fully saturated rings. The summed E-state index contributed by atoms with van der Waals surface area (Å²) in [4.78, 5) is 0. The lowest BCUT2D eigenvalue weighted by Gasteiger charge is -2.13. The zero-order valence-corrected chi connectivity index (χ0v) is 12.4. The molecule has 0 saturated heterocycles. The number of fused-ring (bicyclic) bond motifs is 1. The predicted molar refractivity (Wildman–Crippen MR) is 80.9 cm³/mol. The molecule has 104 valence electrons. The van der Waals surface area contributed by atoms with Gasteiger partial charge in [0.05, 0.1) is 23.3 Å². The molecule has 0 saturated carbocycles. The summed E-state index contributed by atoms with van der Waals surface area (Å²) in [6, 6.07) is 11.5. The molecule has 20 heavy (non-hydrogen) atoms. The normalized spacial score (nSPS) is 20.8. The molecule has 4 heteroatoms. The second-order valence-electron chi connectivity index (χ2n) is 4.97. The van der Waals surface area contributed by atoms with E-state index in [0.717, 1.165) is 22.4 Å². The molecule has 2 aromatic rings. The molecular weight excluding hydrogens is 295 g/mol. The van der Waals surface area contributed by atoms with E-state index in [1.165, 1.54) is 0 Å². The summed E-state index contributed by atoms with van der Waals surface area (Å²) in [7, 11) is 1.62.